The predicted molar refractivity (Wildman–Crippen MR) is 91.3 cm³/mol. The van der Waals surface area contributed by atoms with Gasteiger partial charge < -0.3 is 5.32 Å². The fourth-order valence-corrected chi connectivity index (χ4v) is 2.73. The van der Waals surface area contributed by atoms with Crippen molar-refractivity contribution in [3.05, 3.63) is 22.9 Å². The Balaban J connectivity index is 3.29. The lowest BCUT2D eigenvalue weighted by Crippen LogP contribution is -2.41. The highest BCUT2D eigenvalue weighted by atomic mass is 32.2. The van der Waals surface area contributed by atoms with E-state index in [2.05, 4.69) is 10.3 Å². The van der Waals surface area contributed by atoms with Crippen molar-refractivity contribution in [3.63, 3.8) is 0 Å². The Kier molecular flexibility index (Phi) is 6.17. The number of aromatic nitrogens is 1. The first-order valence-electron chi connectivity index (χ1n) is 7.62. The number of carbonyl (C=O) groups is 1. The zero-order valence-corrected chi connectivity index (χ0v) is 15.9. The van der Waals surface area contributed by atoms with Gasteiger partial charge in [-0.3, -0.25) is 4.79 Å². The van der Waals surface area contributed by atoms with Gasteiger partial charge in [0.2, 0.25) is 5.91 Å². The number of nitriles is 1. The van der Waals surface area contributed by atoms with E-state index in [1.807, 2.05) is 0 Å². The van der Waals surface area contributed by atoms with Gasteiger partial charge in [0.05, 0.1) is 16.9 Å². The molecule has 0 aliphatic rings. The van der Waals surface area contributed by atoms with E-state index < -0.39 is 28.3 Å². The molecular formula is C17H22F3N3OS. The number of alkyl halides is 3. The topological polar surface area (TPSA) is 65.8 Å². The van der Waals surface area contributed by atoms with E-state index in [1.54, 1.807) is 47.6 Å². The third-order valence-electron chi connectivity index (χ3n) is 3.03. The van der Waals surface area contributed by atoms with E-state index in [0.29, 0.717) is 0 Å². The fraction of sp³-hybridized carbons (Fsp3) is 0.588. The third-order valence-corrected chi connectivity index (χ3v) is 4.00. The molecule has 0 radical (unpaired) electrons. The molecule has 0 spiro atoms. The lowest BCUT2D eigenvalue weighted by Gasteiger charge is -2.22. The highest BCUT2D eigenvalue weighted by Crippen LogP contribution is 2.38. The Morgan fingerprint density at radius 2 is 1.80 bits per heavy atom. The van der Waals surface area contributed by atoms with E-state index in [1.165, 1.54) is 0 Å². The van der Waals surface area contributed by atoms with Crippen LogP contribution in [0.4, 0.5) is 13.2 Å². The molecule has 0 atom stereocenters. The van der Waals surface area contributed by atoms with Gasteiger partial charge in [0.15, 0.2) is 0 Å². The van der Waals surface area contributed by atoms with Gasteiger partial charge in [-0.1, -0.05) is 32.5 Å². The number of carbonyl (C=O) groups excluding carboxylic acids is 1. The van der Waals surface area contributed by atoms with Crippen LogP contribution in [0.3, 0.4) is 0 Å². The molecule has 0 aromatic carbocycles. The number of hydrogen-bond acceptors (Lipinski definition) is 4. The largest absolute Gasteiger partial charge is 0.417 e. The van der Waals surface area contributed by atoms with E-state index in [-0.39, 0.29) is 22.4 Å². The zero-order valence-electron chi connectivity index (χ0n) is 15.1. The molecule has 1 heterocycles. The van der Waals surface area contributed by atoms with Crippen molar-refractivity contribution < 1.29 is 18.0 Å². The van der Waals surface area contributed by atoms with E-state index in [9.17, 15) is 23.2 Å². The molecule has 4 nitrogen and oxygen atoms in total. The molecule has 1 N–H and O–H groups in total. The number of hydrogen-bond donors (Lipinski definition) is 1. The van der Waals surface area contributed by atoms with Crippen LogP contribution in [0.15, 0.2) is 11.1 Å². The molecule has 0 aliphatic heterocycles. The van der Waals surface area contributed by atoms with Gasteiger partial charge in [-0.25, -0.2) is 4.98 Å². The Morgan fingerprint density at radius 3 is 2.20 bits per heavy atom. The fourth-order valence-electron chi connectivity index (χ4n) is 1.93. The lowest BCUT2D eigenvalue weighted by atomic mass is 9.90. The minimum absolute atomic E-state index is 0.0775. The van der Waals surface area contributed by atoms with Gasteiger partial charge in [0, 0.05) is 16.6 Å². The van der Waals surface area contributed by atoms with Crippen LogP contribution in [0.5, 0.6) is 0 Å². The number of rotatable bonds is 3. The van der Waals surface area contributed by atoms with Crippen molar-refractivity contribution in [2.45, 2.75) is 63.7 Å². The normalized spacial score (nSPS) is 12.6. The predicted octanol–water partition coefficient (Wildman–Crippen LogP) is 4.28. The first-order valence-corrected chi connectivity index (χ1v) is 8.60. The smallest absolute Gasteiger partial charge is 0.351 e. The standard InChI is InChI=1S/C17H22F3N3OS/c1-15(2,3)12-7-11(17(18,19)20)10(8-21)14(22-12)25-9-13(24)23-16(4,5)6/h7H,9H2,1-6H3,(H,23,24). The van der Waals surface area contributed by atoms with Crippen molar-refractivity contribution in [3.8, 4) is 6.07 Å². The highest BCUT2D eigenvalue weighted by Gasteiger charge is 2.37. The lowest BCUT2D eigenvalue weighted by molar-refractivity contribution is -0.138. The van der Waals surface area contributed by atoms with Crippen molar-refractivity contribution in [1.29, 1.82) is 5.26 Å². The molecule has 8 heteroatoms. The molecule has 1 amide bonds. The second-order valence-electron chi connectivity index (χ2n) is 7.68. The van der Waals surface area contributed by atoms with Gasteiger partial charge in [-0.15, -0.1) is 0 Å². The first kappa shape index (κ1) is 21.3. The molecule has 0 unspecified atom stereocenters. The molecule has 1 aromatic rings. The van der Waals surface area contributed by atoms with Crippen LogP contribution < -0.4 is 5.32 Å². The van der Waals surface area contributed by atoms with Crippen LogP contribution in [0.2, 0.25) is 0 Å². The summed E-state index contributed by atoms with van der Waals surface area (Å²) in [5, 5.41) is 11.9. The van der Waals surface area contributed by atoms with Crippen LogP contribution in [0, 0.1) is 11.3 Å². The van der Waals surface area contributed by atoms with Crippen LogP contribution in [-0.4, -0.2) is 22.2 Å². The molecule has 0 saturated heterocycles. The molecule has 0 bridgehead atoms. The first-order chi connectivity index (χ1) is 11.1. The van der Waals surface area contributed by atoms with Gasteiger partial charge in [0.25, 0.3) is 0 Å². The number of pyridine rings is 1. The minimum Gasteiger partial charge on any atom is -0.351 e. The zero-order chi connectivity index (χ0) is 19.6. The molecule has 0 saturated carbocycles. The summed E-state index contributed by atoms with van der Waals surface area (Å²) >= 11 is 0.835. The average molecular weight is 373 g/mol. The summed E-state index contributed by atoms with van der Waals surface area (Å²) in [5.74, 6) is -0.456. The van der Waals surface area contributed by atoms with Gasteiger partial charge in [-0.2, -0.15) is 18.4 Å². The molecule has 1 aromatic heterocycles. The summed E-state index contributed by atoms with van der Waals surface area (Å²) in [6.45, 7) is 10.6. The SMILES string of the molecule is CC(C)(C)NC(=O)CSc1nc(C(C)(C)C)cc(C(F)(F)F)c1C#N. The van der Waals surface area contributed by atoms with Crippen LogP contribution in [0.1, 0.15) is 58.4 Å². The summed E-state index contributed by atoms with van der Waals surface area (Å²) in [6.07, 6.45) is -4.67. The van der Waals surface area contributed by atoms with Crippen LogP contribution >= 0.6 is 11.8 Å². The van der Waals surface area contributed by atoms with Gasteiger partial charge in [0.1, 0.15) is 11.1 Å². The average Bonchev–Trinajstić information content (AvgIpc) is 2.40. The third kappa shape index (κ3) is 6.24. The van der Waals surface area contributed by atoms with Crippen molar-refractivity contribution in [2.24, 2.45) is 0 Å². The molecule has 0 aliphatic carbocycles. The van der Waals surface area contributed by atoms with Gasteiger partial charge in [-0.05, 0) is 26.8 Å². The maximum Gasteiger partial charge on any atom is 0.417 e. The Hall–Kier alpha value is -1.75. The molecule has 25 heavy (non-hydrogen) atoms. The van der Waals surface area contributed by atoms with Crippen molar-refractivity contribution >= 4 is 17.7 Å². The van der Waals surface area contributed by atoms with Crippen molar-refractivity contribution in [2.75, 3.05) is 5.75 Å². The summed E-state index contributed by atoms with van der Waals surface area (Å²) in [6, 6.07) is 2.50. The number of amides is 1. The number of halogens is 3. The summed E-state index contributed by atoms with van der Waals surface area (Å²) in [4.78, 5) is 16.1. The summed E-state index contributed by atoms with van der Waals surface area (Å²) in [7, 11) is 0. The Bertz CT molecular complexity index is 695. The van der Waals surface area contributed by atoms with Crippen LogP contribution in [0.25, 0.3) is 0 Å². The van der Waals surface area contributed by atoms with E-state index in [0.717, 1.165) is 17.8 Å². The van der Waals surface area contributed by atoms with Crippen molar-refractivity contribution in [1.82, 2.24) is 10.3 Å². The van der Waals surface area contributed by atoms with E-state index in [4.69, 9.17) is 0 Å². The number of nitrogens with one attached hydrogen (secondary N) is 1. The Labute approximate surface area is 150 Å². The quantitative estimate of drug-likeness (QED) is 0.804. The second kappa shape index (κ2) is 7.24. The molecule has 138 valence electrons. The second-order valence-corrected chi connectivity index (χ2v) is 8.65. The summed E-state index contributed by atoms with van der Waals surface area (Å²) in [5.41, 5.74) is -2.43. The number of nitrogens with zero attached hydrogens (tertiary/aromatic N) is 2. The molecular weight excluding hydrogens is 351 g/mol. The monoisotopic (exact) mass is 373 g/mol. The number of thioether (sulfide) groups is 1. The maximum atomic E-state index is 13.3. The van der Waals surface area contributed by atoms with Gasteiger partial charge >= 0.3 is 6.18 Å². The molecule has 1 rings (SSSR count). The van der Waals surface area contributed by atoms with E-state index >= 15 is 0 Å². The Morgan fingerprint density at radius 1 is 1.24 bits per heavy atom. The highest BCUT2D eigenvalue weighted by molar-refractivity contribution is 8.00. The maximum absolute atomic E-state index is 13.3. The van der Waals surface area contributed by atoms with Crippen LogP contribution in [-0.2, 0) is 16.4 Å². The molecule has 0 fully saturated rings. The summed E-state index contributed by atoms with van der Waals surface area (Å²) < 4.78 is 40.0. The minimum atomic E-state index is -4.67.